The summed E-state index contributed by atoms with van der Waals surface area (Å²) < 4.78 is 5.39. The molecule has 0 aromatic heterocycles. The van der Waals surface area contributed by atoms with Crippen molar-refractivity contribution in [2.45, 2.75) is 6.54 Å². The van der Waals surface area contributed by atoms with E-state index < -0.39 is 0 Å². The summed E-state index contributed by atoms with van der Waals surface area (Å²) in [4.78, 5) is 21.1. The molecule has 0 bridgehead atoms. The Hall–Kier alpha value is -2.86. The van der Waals surface area contributed by atoms with Crippen LogP contribution in [-0.4, -0.2) is 62.6 Å². The smallest absolute Gasteiger partial charge is 0.320 e. The number of nitrogens with zero attached hydrogens (tertiary/aromatic N) is 3. The molecule has 2 aliphatic heterocycles. The molecule has 146 valence electrons. The van der Waals surface area contributed by atoms with Crippen molar-refractivity contribution in [1.82, 2.24) is 10.2 Å². The summed E-state index contributed by atoms with van der Waals surface area (Å²) >= 11 is 0. The lowest BCUT2D eigenvalue weighted by molar-refractivity contribution is -0.144. The zero-order chi connectivity index (χ0) is 19.2. The van der Waals surface area contributed by atoms with E-state index in [1.165, 1.54) is 11.3 Å². The van der Waals surface area contributed by atoms with Gasteiger partial charge in [0, 0.05) is 37.4 Å². The third-order valence-electron chi connectivity index (χ3n) is 5.18. The van der Waals surface area contributed by atoms with Crippen LogP contribution in [0.25, 0.3) is 0 Å². The maximum Gasteiger partial charge on any atom is 0.320 e. The van der Waals surface area contributed by atoms with Crippen LogP contribution >= 0.6 is 0 Å². The fourth-order valence-electron chi connectivity index (χ4n) is 3.66. The molecule has 0 saturated carbocycles. The molecule has 0 unspecified atom stereocenters. The Morgan fingerprint density at radius 3 is 2.57 bits per heavy atom. The molecule has 2 aromatic carbocycles. The molecule has 1 fully saturated rings. The summed E-state index contributed by atoms with van der Waals surface area (Å²) in [6.07, 6.45) is 0. The number of carbonyl (C=O) groups is 1. The number of esters is 1. The Morgan fingerprint density at radius 1 is 1.00 bits per heavy atom. The van der Waals surface area contributed by atoms with Crippen LogP contribution < -0.4 is 10.2 Å². The number of amidine groups is 1. The maximum absolute atomic E-state index is 12.1. The number of ether oxygens (including phenoxy) is 1. The molecule has 1 N–H and O–H groups in total. The van der Waals surface area contributed by atoms with Crippen LogP contribution in [0.4, 0.5) is 5.69 Å². The number of hydrogen-bond acceptors (Lipinski definition) is 6. The highest BCUT2D eigenvalue weighted by Crippen LogP contribution is 2.17. The van der Waals surface area contributed by atoms with E-state index in [-0.39, 0.29) is 5.97 Å². The van der Waals surface area contributed by atoms with E-state index in [9.17, 15) is 4.79 Å². The fourth-order valence-corrected chi connectivity index (χ4v) is 3.66. The molecule has 0 atom stereocenters. The summed E-state index contributed by atoms with van der Waals surface area (Å²) in [5.41, 5.74) is 3.62. The number of aliphatic imine (C=N–C) groups is 1. The van der Waals surface area contributed by atoms with Gasteiger partial charge in [0.1, 0.15) is 12.4 Å². The standard InChI is InChI=1S/C22H26N4O2/c27-21(17-25-11-13-26(14-12-25)19-7-2-1-3-8-19)28-15-10-23-22-20-9-5-4-6-18(20)16-24-22/h1-9H,10-17H2,(H,23,24). The van der Waals surface area contributed by atoms with Crippen molar-refractivity contribution < 1.29 is 9.53 Å². The number of rotatable bonds is 6. The largest absolute Gasteiger partial charge is 0.463 e. The van der Waals surface area contributed by atoms with Crippen LogP contribution in [0.15, 0.2) is 59.6 Å². The Labute approximate surface area is 165 Å². The van der Waals surface area contributed by atoms with Gasteiger partial charge in [-0.15, -0.1) is 0 Å². The van der Waals surface area contributed by atoms with Crippen LogP contribution in [0, 0.1) is 0 Å². The highest BCUT2D eigenvalue weighted by atomic mass is 16.5. The molecule has 6 nitrogen and oxygen atoms in total. The molecular weight excluding hydrogens is 352 g/mol. The van der Waals surface area contributed by atoms with Gasteiger partial charge in [0.15, 0.2) is 0 Å². The Morgan fingerprint density at radius 2 is 1.75 bits per heavy atom. The number of fused-ring (bicyclic) bond motifs is 1. The summed E-state index contributed by atoms with van der Waals surface area (Å²) in [6.45, 7) is 5.59. The number of para-hydroxylation sites is 1. The van der Waals surface area contributed by atoms with Crippen LogP contribution in [0.5, 0.6) is 0 Å². The van der Waals surface area contributed by atoms with E-state index >= 15 is 0 Å². The van der Waals surface area contributed by atoms with E-state index in [4.69, 9.17) is 4.74 Å². The summed E-state index contributed by atoms with van der Waals surface area (Å²) in [5, 5.41) is 3.27. The minimum Gasteiger partial charge on any atom is -0.463 e. The van der Waals surface area contributed by atoms with Gasteiger partial charge in [-0.3, -0.25) is 14.7 Å². The van der Waals surface area contributed by atoms with Gasteiger partial charge in [-0.2, -0.15) is 0 Å². The van der Waals surface area contributed by atoms with Gasteiger partial charge in [0.05, 0.1) is 19.6 Å². The van der Waals surface area contributed by atoms with Gasteiger partial charge in [-0.25, -0.2) is 0 Å². The van der Waals surface area contributed by atoms with Crippen molar-refractivity contribution >= 4 is 17.5 Å². The highest BCUT2D eigenvalue weighted by molar-refractivity contribution is 6.01. The van der Waals surface area contributed by atoms with E-state index in [2.05, 4.69) is 56.5 Å². The first-order valence-electron chi connectivity index (χ1n) is 9.84. The normalized spacial score (nSPS) is 16.4. The molecular formula is C22H26N4O2. The number of anilines is 1. The molecule has 0 amide bonds. The lowest BCUT2D eigenvalue weighted by Crippen LogP contribution is -2.48. The number of benzene rings is 2. The average Bonchev–Trinajstić information content (AvgIpc) is 3.16. The number of piperazine rings is 1. The van der Waals surface area contributed by atoms with E-state index in [0.29, 0.717) is 26.2 Å². The van der Waals surface area contributed by atoms with Crippen LogP contribution in [0.3, 0.4) is 0 Å². The van der Waals surface area contributed by atoms with E-state index in [1.807, 2.05) is 18.2 Å². The predicted octanol–water partition coefficient (Wildman–Crippen LogP) is 1.90. The number of nitrogens with one attached hydrogen (secondary N) is 1. The highest BCUT2D eigenvalue weighted by Gasteiger charge is 2.20. The monoisotopic (exact) mass is 378 g/mol. The second kappa shape index (κ2) is 8.89. The van der Waals surface area contributed by atoms with Gasteiger partial charge >= 0.3 is 5.97 Å². The molecule has 6 heteroatoms. The van der Waals surface area contributed by atoms with Crippen molar-refractivity contribution in [1.29, 1.82) is 0 Å². The topological polar surface area (TPSA) is 57.2 Å². The lowest BCUT2D eigenvalue weighted by Gasteiger charge is -2.35. The number of hydrogen-bond donors (Lipinski definition) is 1. The van der Waals surface area contributed by atoms with E-state index in [1.54, 1.807) is 0 Å². The van der Waals surface area contributed by atoms with Crippen molar-refractivity contribution in [2.75, 3.05) is 50.8 Å². The van der Waals surface area contributed by atoms with Crippen molar-refractivity contribution in [3.05, 3.63) is 65.7 Å². The third-order valence-corrected chi connectivity index (χ3v) is 5.18. The van der Waals surface area contributed by atoms with Crippen LogP contribution in [0.1, 0.15) is 11.1 Å². The second-order valence-electron chi connectivity index (χ2n) is 7.07. The Balaban J connectivity index is 1.13. The van der Waals surface area contributed by atoms with Crippen molar-refractivity contribution in [3.8, 4) is 0 Å². The molecule has 2 aliphatic rings. The van der Waals surface area contributed by atoms with Crippen molar-refractivity contribution in [2.24, 2.45) is 4.99 Å². The van der Waals surface area contributed by atoms with Gasteiger partial charge in [0.2, 0.25) is 0 Å². The van der Waals surface area contributed by atoms with Gasteiger partial charge in [-0.05, 0) is 17.7 Å². The first-order chi connectivity index (χ1) is 13.8. The molecule has 1 saturated heterocycles. The first-order valence-corrected chi connectivity index (χ1v) is 9.84. The average molecular weight is 378 g/mol. The number of carbonyl (C=O) groups excluding carboxylic acids is 1. The summed E-state index contributed by atoms with van der Waals surface area (Å²) in [6, 6.07) is 18.6. The molecule has 2 aromatic rings. The molecule has 2 heterocycles. The third kappa shape index (κ3) is 4.51. The fraction of sp³-hybridized carbons (Fsp3) is 0.364. The Kier molecular flexibility index (Phi) is 5.87. The van der Waals surface area contributed by atoms with E-state index in [0.717, 1.165) is 37.6 Å². The SMILES string of the molecule is O=C(CN1CCN(c2ccccc2)CC1)OCCNC1=NCc2ccccc21. The van der Waals surface area contributed by atoms with Crippen molar-refractivity contribution in [3.63, 3.8) is 0 Å². The lowest BCUT2D eigenvalue weighted by atomic mass is 10.1. The Bertz CT molecular complexity index is 829. The van der Waals surface area contributed by atoms with Gasteiger partial charge < -0.3 is 15.0 Å². The van der Waals surface area contributed by atoms with Gasteiger partial charge in [-0.1, -0.05) is 42.5 Å². The summed E-state index contributed by atoms with van der Waals surface area (Å²) in [7, 11) is 0. The molecule has 0 spiro atoms. The molecule has 4 rings (SSSR count). The minimum atomic E-state index is -0.163. The second-order valence-corrected chi connectivity index (χ2v) is 7.07. The summed E-state index contributed by atoms with van der Waals surface area (Å²) in [5.74, 6) is 0.729. The van der Waals surface area contributed by atoms with Crippen LogP contribution in [0.2, 0.25) is 0 Å². The zero-order valence-corrected chi connectivity index (χ0v) is 16.0. The molecule has 0 aliphatic carbocycles. The zero-order valence-electron chi connectivity index (χ0n) is 16.0. The predicted molar refractivity (Wildman–Crippen MR) is 111 cm³/mol. The molecule has 28 heavy (non-hydrogen) atoms. The minimum absolute atomic E-state index is 0.163. The first kappa shape index (κ1) is 18.5. The molecule has 0 radical (unpaired) electrons. The maximum atomic E-state index is 12.1. The van der Waals surface area contributed by atoms with Gasteiger partial charge in [0.25, 0.3) is 0 Å². The quantitative estimate of drug-likeness (QED) is 0.615. The van der Waals surface area contributed by atoms with Crippen LogP contribution in [-0.2, 0) is 16.1 Å².